The van der Waals surface area contributed by atoms with Crippen LogP contribution in [-0.4, -0.2) is 54.8 Å². The first-order valence-corrected chi connectivity index (χ1v) is 10.3. The number of carbonyl (C=O) groups excluding carboxylic acids is 3. The van der Waals surface area contributed by atoms with Crippen molar-refractivity contribution in [3.05, 3.63) is 35.4 Å². The molecule has 1 fully saturated rings. The number of carbonyl (C=O) groups is 3. The minimum absolute atomic E-state index is 0.0788. The van der Waals surface area contributed by atoms with Gasteiger partial charge in [-0.15, -0.1) is 0 Å². The zero-order valence-electron chi connectivity index (χ0n) is 16.9. The van der Waals surface area contributed by atoms with E-state index in [1.165, 1.54) is 0 Å². The van der Waals surface area contributed by atoms with Crippen molar-refractivity contribution in [3.8, 4) is 11.5 Å². The fourth-order valence-corrected chi connectivity index (χ4v) is 5.64. The van der Waals surface area contributed by atoms with E-state index >= 15 is 0 Å². The summed E-state index contributed by atoms with van der Waals surface area (Å²) in [6.45, 7) is 4.47. The highest BCUT2D eigenvalue weighted by atomic mass is 16.7. The van der Waals surface area contributed by atoms with E-state index in [4.69, 9.17) is 18.9 Å². The van der Waals surface area contributed by atoms with Crippen LogP contribution in [0.4, 0.5) is 9.59 Å². The minimum Gasteiger partial charge on any atom is -0.477 e. The average Bonchev–Trinajstić information content (AvgIpc) is 3.06. The first-order chi connectivity index (χ1) is 14.5. The predicted octanol–water partition coefficient (Wildman–Crippen LogP) is 2.76. The summed E-state index contributed by atoms with van der Waals surface area (Å²) in [5.74, 6) is 0.509. The number of amides is 1. The van der Waals surface area contributed by atoms with Gasteiger partial charge in [0.1, 0.15) is 0 Å². The standard InChI is InChI=1S/C22H23NO7/c1-3-27-20(25)23-10-9-22-13-6-7-15(24)19(22)30-18-16(29-21(26)28-4-2)8-5-12(17(18)22)11-14(13)23/h5-8,13-14,19H,3-4,9-11H2,1-2H3/t13-,14-,19+,22+/m1/s1. The van der Waals surface area contributed by atoms with E-state index in [1.54, 1.807) is 30.9 Å². The fraction of sp³-hybridized carbons (Fsp3) is 0.500. The summed E-state index contributed by atoms with van der Waals surface area (Å²) in [4.78, 5) is 39.1. The maximum absolute atomic E-state index is 12.8. The van der Waals surface area contributed by atoms with Crippen LogP contribution in [0.25, 0.3) is 0 Å². The number of nitrogens with zero attached hydrogens (tertiary/aromatic N) is 1. The van der Waals surface area contributed by atoms with Gasteiger partial charge in [0.15, 0.2) is 23.4 Å². The molecular weight excluding hydrogens is 390 g/mol. The summed E-state index contributed by atoms with van der Waals surface area (Å²) in [6, 6.07) is 3.44. The van der Waals surface area contributed by atoms with Crippen LogP contribution in [-0.2, 0) is 26.1 Å². The van der Waals surface area contributed by atoms with E-state index in [2.05, 4.69) is 0 Å². The fourth-order valence-electron chi connectivity index (χ4n) is 5.64. The average molecular weight is 413 g/mol. The van der Waals surface area contributed by atoms with Gasteiger partial charge < -0.3 is 23.8 Å². The van der Waals surface area contributed by atoms with Crippen LogP contribution in [0.2, 0.25) is 0 Å². The van der Waals surface area contributed by atoms with Crippen molar-refractivity contribution in [1.82, 2.24) is 4.90 Å². The summed E-state index contributed by atoms with van der Waals surface area (Å²) in [6.07, 6.45) is 2.81. The normalized spacial score (nSPS) is 29.7. The zero-order valence-corrected chi connectivity index (χ0v) is 16.9. The lowest BCUT2D eigenvalue weighted by molar-refractivity contribution is -0.127. The Morgan fingerprint density at radius 1 is 1.23 bits per heavy atom. The first kappa shape index (κ1) is 19.0. The van der Waals surface area contributed by atoms with Gasteiger partial charge in [0.25, 0.3) is 0 Å². The van der Waals surface area contributed by atoms with Crippen LogP contribution in [0.1, 0.15) is 31.4 Å². The highest BCUT2D eigenvalue weighted by Gasteiger charge is 2.65. The Hall–Kier alpha value is -3.03. The molecule has 1 aromatic rings. The number of ether oxygens (including phenoxy) is 4. The van der Waals surface area contributed by atoms with Crippen molar-refractivity contribution < 1.29 is 33.3 Å². The van der Waals surface area contributed by atoms with E-state index in [1.807, 2.05) is 12.1 Å². The third-order valence-corrected chi connectivity index (χ3v) is 6.67. The molecule has 2 aliphatic heterocycles. The molecule has 2 bridgehead atoms. The van der Waals surface area contributed by atoms with Crippen molar-refractivity contribution in [2.75, 3.05) is 19.8 Å². The number of ketones is 1. The Bertz CT molecular complexity index is 970. The van der Waals surface area contributed by atoms with Gasteiger partial charge in [-0.1, -0.05) is 12.1 Å². The molecule has 0 aromatic heterocycles. The summed E-state index contributed by atoms with van der Waals surface area (Å²) >= 11 is 0. The predicted molar refractivity (Wildman–Crippen MR) is 104 cm³/mol. The molecule has 8 nitrogen and oxygen atoms in total. The van der Waals surface area contributed by atoms with Gasteiger partial charge in [-0.25, -0.2) is 9.59 Å². The smallest absolute Gasteiger partial charge is 0.477 e. The van der Waals surface area contributed by atoms with Gasteiger partial charge in [0.2, 0.25) is 0 Å². The molecule has 0 unspecified atom stereocenters. The lowest BCUT2D eigenvalue weighted by atomic mass is 9.53. The summed E-state index contributed by atoms with van der Waals surface area (Å²) < 4.78 is 21.7. The Morgan fingerprint density at radius 3 is 2.80 bits per heavy atom. The molecule has 5 rings (SSSR count). The Morgan fingerprint density at radius 2 is 2.03 bits per heavy atom. The van der Waals surface area contributed by atoms with Gasteiger partial charge in [-0.2, -0.15) is 0 Å². The molecule has 1 amide bonds. The van der Waals surface area contributed by atoms with Gasteiger partial charge in [0.05, 0.1) is 18.6 Å². The van der Waals surface area contributed by atoms with Crippen molar-refractivity contribution in [3.63, 3.8) is 0 Å². The zero-order chi connectivity index (χ0) is 21.0. The maximum atomic E-state index is 12.8. The van der Waals surface area contributed by atoms with Gasteiger partial charge in [-0.3, -0.25) is 4.79 Å². The lowest BCUT2D eigenvalue weighted by Gasteiger charge is -2.55. The molecule has 2 aliphatic carbocycles. The number of likely N-dealkylation sites (tertiary alicyclic amines) is 1. The Balaban J connectivity index is 1.62. The van der Waals surface area contributed by atoms with Crippen LogP contribution >= 0.6 is 0 Å². The van der Waals surface area contributed by atoms with Crippen molar-refractivity contribution in [2.24, 2.45) is 5.92 Å². The number of hydrogen-bond donors (Lipinski definition) is 0. The topological polar surface area (TPSA) is 91.4 Å². The van der Waals surface area contributed by atoms with Crippen LogP contribution in [0.5, 0.6) is 11.5 Å². The highest BCUT2D eigenvalue weighted by Crippen LogP contribution is 2.62. The molecule has 2 heterocycles. The maximum Gasteiger partial charge on any atom is 0.513 e. The molecule has 8 heteroatoms. The molecule has 0 radical (unpaired) electrons. The second-order valence-corrected chi connectivity index (χ2v) is 7.95. The first-order valence-electron chi connectivity index (χ1n) is 10.3. The van der Waals surface area contributed by atoms with E-state index in [-0.39, 0.29) is 36.2 Å². The second kappa shape index (κ2) is 6.75. The third kappa shape index (κ3) is 2.42. The molecule has 0 N–H and O–H groups in total. The molecular formula is C22H23NO7. The van der Waals surface area contributed by atoms with Crippen molar-refractivity contribution >= 4 is 18.0 Å². The highest BCUT2D eigenvalue weighted by molar-refractivity contribution is 5.98. The molecule has 30 heavy (non-hydrogen) atoms. The molecule has 1 saturated heterocycles. The van der Waals surface area contributed by atoms with Crippen LogP contribution in [0.15, 0.2) is 24.3 Å². The van der Waals surface area contributed by atoms with Crippen LogP contribution < -0.4 is 9.47 Å². The minimum atomic E-state index is -0.809. The molecule has 1 spiro atoms. The molecule has 0 saturated carbocycles. The summed E-state index contributed by atoms with van der Waals surface area (Å²) in [5, 5.41) is 0. The largest absolute Gasteiger partial charge is 0.513 e. The Labute approximate surface area is 173 Å². The van der Waals surface area contributed by atoms with E-state index in [9.17, 15) is 14.4 Å². The second-order valence-electron chi connectivity index (χ2n) is 7.95. The number of piperidine rings is 1. The van der Waals surface area contributed by atoms with Crippen LogP contribution in [0, 0.1) is 5.92 Å². The van der Waals surface area contributed by atoms with Crippen molar-refractivity contribution in [2.45, 2.75) is 44.2 Å². The SMILES string of the molecule is CCOC(=O)Oc1ccc2c3c1O[C@H]1C(=O)C=C[C@@H]4[C@@H](C2)N(C(=O)OCC)CC[C@@]341. The Kier molecular flexibility index (Phi) is 4.27. The quantitative estimate of drug-likeness (QED) is 0.556. The molecule has 1 aromatic carbocycles. The monoisotopic (exact) mass is 413 g/mol. The lowest BCUT2D eigenvalue weighted by Crippen LogP contribution is -2.65. The third-order valence-electron chi connectivity index (χ3n) is 6.67. The summed E-state index contributed by atoms with van der Waals surface area (Å²) in [5.41, 5.74) is 1.36. The number of hydrogen-bond acceptors (Lipinski definition) is 7. The molecule has 158 valence electrons. The molecule has 4 atom stereocenters. The molecule has 4 aliphatic rings. The number of benzene rings is 1. The van der Waals surface area contributed by atoms with Gasteiger partial charge in [0, 0.05) is 24.1 Å². The van der Waals surface area contributed by atoms with Gasteiger partial charge >= 0.3 is 12.2 Å². The van der Waals surface area contributed by atoms with Gasteiger partial charge in [-0.05, 0) is 44.4 Å². The van der Waals surface area contributed by atoms with Crippen molar-refractivity contribution in [1.29, 1.82) is 0 Å². The number of rotatable bonds is 3. The summed E-state index contributed by atoms with van der Waals surface area (Å²) in [7, 11) is 0. The van der Waals surface area contributed by atoms with E-state index in [0.717, 1.165) is 11.1 Å². The van der Waals surface area contributed by atoms with E-state index in [0.29, 0.717) is 31.7 Å². The van der Waals surface area contributed by atoms with Crippen LogP contribution in [0.3, 0.4) is 0 Å². The van der Waals surface area contributed by atoms with E-state index < -0.39 is 17.7 Å².